The number of rotatable bonds is 13. The van der Waals surface area contributed by atoms with Crippen molar-refractivity contribution in [3.63, 3.8) is 0 Å². The van der Waals surface area contributed by atoms with Gasteiger partial charge in [-0.2, -0.15) is 0 Å². The van der Waals surface area contributed by atoms with Crippen LogP contribution in [-0.2, 0) is 32.6 Å². The Morgan fingerprint density at radius 1 is 0.756 bits per heavy atom. The van der Waals surface area contributed by atoms with Crippen molar-refractivity contribution in [3.8, 4) is 0 Å². The van der Waals surface area contributed by atoms with E-state index in [0.717, 1.165) is 32.1 Å². The molecular weight excluding hydrogens is 582 g/mol. The third-order valence-electron chi connectivity index (χ3n) is 7.77. The van der Waals surface area contributed by atoms with Gasteiger partial charge < -0.3 is 10.2 Å². The lowest BCUT2D eigenvalue weighted by Crippen LogP contribution is -2.53. The quantitative estimate of drug-likeness (QED) is 0.191. The van der Waals surface area contributed by atoms with E-state index >= 15 is 0 Å². The lowest BCUT2D eigenvalue weighted by molar-refractivity contribution is -0.140. The first-order valence-electron chi connectivity index (χ1n) is 15.3. The molecule has 0 aliphatic carbocycles. The number of nitrogens with one attached hydrogen (secondary N) is 1. The number of benzene rings is 4. The molecule has 7 nitrogen and oxygen atoms in total. The summed E-state index contributed by atoms with van der Waals surface area (Å²) in [4.78, 5) is 30.1. The Labute approximate surface area is 268 Å². The summed E-state index contributed by atoms with van der Waals surface area (Å²) in [5.41, 5.74) is 5.00. The van der Waals surface area contributed by atoms with Crippen molar-refractivity contribution in [1.82, 2.24) is 10.2 Å². The fourth-order valence-corrected chi connectivity index (χ4v) is 6.44. The standard InChI is InChI=1S/C37H43N3O4S/c1-27(2)24-38-37(42)35(23-31-12-7-6-8-13-31)39(25-32-14-10-9-11-30(32)5)36(41)26-40(33-19-15-28(3)16-20-33)45(43,44)34-21-17-29(4)18-22-34/h6-22,27,35H,23-26H2,1-5H3,(H,38,42). The Morgan fingerprint density at radius 2 is 1.33 bits per heavy atom. The number of amides is 2. The van der Waals surface area contributed by atoms with Crippen molar-refractivity contribution in [2.45, 2.75) is 58.5 Å². The molecule has 1 unspecified atom stereocenters. The molecule has 0 heterocycles. The minimum absolute atomic E-state index is 0.0856. The monoisotopic (exact) mass is 625 g/mol. The topological polar surface area (TPSA) is 86.8 Å². The van der Waals surface area contributed by atoms with Crippen LogP contribution in [0.1, 0.15) is 41.7 Å². The summed E-state index contributed by atoms with van der Waals surface area (Å²) < 4.78 is 29.4. The van der Waals surface area contributed by atoms with Crippen LogP contribution in [0.25, 0.3) is 0 Å². The van der Waals surface area contributed by atoms with Gasteiger partial charge in [-0.15, -0.1) is 0 Å². The Bertz CT molecular complexity index is 1690. The normalized spacial score (nSPS) is 12.0. The maximum Gasteiger partial charge on any atom is 0.264 e. The van der Waals surface area contributed by atoms with Crippen LogP contribution in [-0.4, -0.2) is 44.3 Å². The highest BCUT2D eigenvalue weighted by Crippen LogP contribution is 2.26. The molecule has 8 heteroatoms. The van der Waals surface area contributed by atoms with Gasteiger partial charge in [0.05, 0.1) is 10.6 Å². The molecule has 0 fully saturated rings. The van der Waals surface area contributed by atoms with Crippen LogP contribution in [0.15, 0.2) is 108 Å². The predicted molar refractivity (Wildman–Crippen MR) is 180 cm³/mol. The molecule has 4 aromatic carbocycles. The Morgan fingerprint density at radius 3 is 1.93 bits per heavy atom. The van der Waals surface area contributed by atoms with Crippen LogP contribution >= 0.6 is 0 Å². The zero-order chi connectivity index (χ0) is 32.6. The Balaban J connectivity index is 1.80. The molecule has 0 aliphatic rings. The van der Waals surface area contributed by atoms with E-state index in [2.05, 4.69) is 5.32 Å². The van der Waals surface area contributed by atoms with Crippen LogP contribution < -0.4 is 9.62 Å². The summed E-state index contributed by atoms with van der Waals surface area (Å²) in [5.74, 6) is -0.545. The van der Waals surface area contributed by atoms with Crippen LogP contribution in [0.4, 0.5) is 5.69 Å². The maximum absolute atomic E-state index is 14.6. The van der Waals surface area contributed by atoms with Crippen molar-refractivity contribution in [3.05, 3.63) is 131 Å². The van der Waals surface area contributed by atoms with E-state index in [1.54, 1.807) is 36.4 Å². The van der Waals surface area contributed by atoms with Gasteiger partial charge in [0, 0.05) is 19.5 Å². The number of carbonyl (C=O) groups excluding carboxylic acids is 2. The first-order chi connectivity index (χ1) is 21.5. The number of carbonyl (C=O) groups is 2. The molecular formula is C37H43N3O4S. The van der Waals surface area contributed by atoms with Gasteiger partial charge in [-0.05, 0) is 67.6 Å². The van der Waals surface area contributed by atoms with Gasteiger partial charge in [-0.25, -0.2) is 8.42 Å². The Kier molecular flexibility index (Phi) is 11.2. The van der Waals surface area contributed by atoms with E-state index in [1.165, 1.54) is 4.90 Å². The van der Waals surface area contributed by atoms with Crippen molar-refractivity contribution in [2.75, 3.05) is 17.4 Å². The summed E-state index contributed by atoms with van der Waals surface area (Å²) in [6.07, 6.45) is 0.275. The molecule has 4 aromatic rings. The fraction of sp³-hybridized carbons (Fsp3) is 0.297. The van der Waals surface area contributed by atoms with Gasteiger partial charge in [-0.1, -0.05) is 104 Å². The molecule has 4 rings (SSSR count). The first-order valence-corrected chi connectivity index (χ1v) is 16.7. The van der Waals surface area contributed by atoms with E-state index in [1.807, 2.05) is 101 Å². The van der Waals surface area contributed by atoms with E-state index in [-0.39, 0.29) is 29.7 Å². The van der Waals surface area contributed by atoms with Crippen molar-refractivity contribution >= 4 is 27.5 Å². The fourth-order valence-electron chi connectivity index (χ4n) is 5.02. The highest BCUT2D eigenvalue weighted by atomic mass is 32.2. The lowest BCUT2D eigenvalue weighted by atomic mass is 10.0. The second kappa shape index (κ2) is 15.0. The minimum atomic E-state index is -4.13. The van der Waals surface area contributed by atoms with Crippen LogP contribution in [0, 0.1) is 26.7 Å². The number of sulfonamides is 1. The second-order valence-electron chi connectivity index (χ2n) is 12.0. The lowest BCUT2D eigenvalue weighted by Gasteiger charge is -2.34. The van der Waals surface area contributed by atoms with Crippen LogP contribution in [0.2, 0.25) is 0 Å². The van der Waals surface area contributed by atoms with Gasteiger partial charge in [0.1, 0.15) is 12.6 Å². The molecule has 0 bridgehead atoms. The summed E-state index contributed by atoms with van der Waals surface area (Å²) in [6, 6.07) is 30.0. The largest absolute Gasteiger partial charge is 0.354 e. The smallest absolute Gasteiger partial charge is 0.264 e. The first kappa shape index (κ1) is 33.5. The summed E-state index contributed by atoms with van der Waals surface area (Å²) in [7, 11) is -4.13. The van der Waals surface area contributed by atoms with Crippen molar-refractivity contribution in [2.24, 2.45) is 5.92 Å². The highest BCUT2D eigenvalue weighted by molar-refractivity contribution is 7.92. The molecule has 0 spiro atoms. The highest BCUT2D eigenvalue weighted by Gasteiger charge is 2.34. The summed E-state index contributed by atoms with van der Waals surface area (Å²) in [6.45, 7) is 9.91. The molecule has 0 aromatic heterocycles. The molecule has 0 radical (unpaired) electrons. The maximum atomic E-state index is 14.6. The average molecular weight is 626 g/mol. The zero-order valence-electron chi connectivity index (χ0n) is 26.7. The molecule has 45 heavy (non-hydrogen) atoms. The second-order valence-corrected chi connectivity index (χ2v) is 13.8. The van der Waals surface area contributed by atoms with Gasteiger partial charge in [0.15, 0.2) is 0 Å². The van der Waals surface area contributed by atoms with E-state index in [4.69, 9.17) is 0 Å². The predicted octanol–water partition coefficient (Wildman–Crippen LogP) is 6.22. The van der Waals surface area contributed by atoms with Gasteiger partial charge in [-0.3, -0.25) is 13.9 Å². The van der Waals surface area contributed by atoms with E-state index < -0.39 is 28.5 Å². The number of anilines is 1. The molecule has 0 aliphatic heterocycles. The number of hydrogen-bond donors (Lipinski definition) is 1. The molecule has 0 saturated heterocycles. The average Bonchev–Trinajstić information content (AvgIpc) is 3.02. The molecule has 0 saturated carbocycles. The molecule has 2 amide bonds. The van der Waals surface area contributed by atoms with Crippen LogP contribution in [0.5, 0.6) is 0 Å². The van der Waals surface area contributed by atoms with E-state index in [0.29, 0.717) is 12.2 Å². The van der Waals surface area contributed by atoms with Gasteiger partial charge in [0.2, 0.25) is 11.8 Å². The van der Waals surface area contributed by atoms with Crippen molar-refractivity contribution < 1.29 is 18.0 Å². The molecule has 236 valence electrons. The third kappa shape index (κ3) is 8.82. The van der Waals surface area contributed by atoms with E-state index in [9.17, 15) is 18.0 Å². The summed E-state index contributed by atoms with van der Waals surface area (Å²) >= 11 is 0. The SMILES string of the molecule is Cc1ccc(N(CC(=O)N(Cc2ccccc2C)C(Cc2ccccc2)C(=O)NCC(C)C)S(=O)(=O)c2ccc(C)cc2)cc1. The zero-order valence-corrected chi connectivity index (χ0v) is 27.6. The van der Waals surface area contributed by atoms with Crippen molar-refractivity contribution in [1.29, 1.82) is 0 Å². The summed E-state index contributed by atoms with van der Waals surface area (Å²) in [5, 5.41) is 3.03. The molecule has 1 N–H and O–H groups in total. The number of hydrogen-bond acceptors (Lipinski definition) is 4. The number of aryl methyl sites for hydroxylation is 3. The van der Waals surface area contributed by atoms with Gasteiger partial charge >= 0.3 is 0 Å². The minimum Gasteiger partial charge on any atom is -0.354 e. The number of nitrogens with zero attached hydrogens (tertiary/aromatic N) is 2. The Hall–Kier alpha value is -4.43. The third-order valence-corrected chi connectivity index (χ3v) is 9.56. The van der Waals surface area contributed by atoms with Gasteiger partial charge in [0.25, 0.3) is 10.0 Å². The van der Waals surface area contributed by atoms with Crippen LogP contribution in [0.3, 0.4) is 0 Å². The molecule has 1 atom stereocenters.